The van der Waals surface area contributed by atoms with E-state index in [1.54, 1.807) is 18.2 Å². The van der Waals surface area contributed by atoms with E-state index in [1.807, 2.05) is 0 Å². The summed E-state index contributed by atoms with van der Waals surface area (Å²) >= 11 is 0. The molecule has 0 fully saturated rings. The minimum Gasteiger partial charge on any atom is -0.480 e. The maximum atomic E-state index is 14.5. The molecular weight excluding hydrogens is 406 g/mol. The van der Waals surface area contributed by atoms with E-state index in [4.69, 9.17) is 9.47 Å². The highest BCUT2D eigenvalue weighted by Gasteiger charge is 2.10. The number of hydrogen-bond donors (Lipinski definition) is 2. The number of fused-ring (bicyclic) bond motifs is 1. The van der Waals surface area contributed by atoms with Crippen LogP contribution in [0.15, 0.2) is 66.9 Å². The van der Waals surface area contributed by atoms with E-state index in [9.17, 15) is 13.6 Å². The third-order valence-electron chi connectivity index (χ3n) is 4.20. The zero-order valence-corrected chi connectivity index (χ0v) is 16.2. The van der Waals surface area contributed by atoms with Crippen LogP contribution < -0.4 is 20.1 Å². The molecule has 0 saturated heterocycles. The fraction of sp³-hybridized carbons (Fsp3) is 0.0455. The van der Waals surface area contributed by atoms with Gasteiger partial charge in [0.1, 0.15) is 11.6 Å². The zero-order valence-electron chi connectivity index (χ0n) is 16.2. The van der Waals surface area contributed by atoms with Gasteiger partial charge in [0.2, 0.25) is 5.88 Å². The lowest BCUT2D eigenvalue weighted by Crippen LogP contribution is -2.19. The predicted molar refractivity (Wildman–Crippen MR) is 112 cm³/mol. The predicted octanol–water partition coefficient (Wildman–Crippen LogP) is 5.35. The van der Waals surface area contributed by atoms with E-state index >= 15 is 0 Å². The highest BCUT2D eigenvalue weighted by Crippen LogP contribution is 2.28. The largest absolute Gasteiger partial charge is 0.480 e. The molecule has 0 saturated carbocycles. The number of halogens is 2. The van der Waals surface area contributed by atoms with Gasteiger partial charge in [0.15, 0.2) is 11.6 Å². The van der Waals surface area contributed by atoms with Crippen LogP contribution in [0.1, 0.15) is 0 Å². The Hall–Kier alpha value is -4.27. The summed E-state index contributed by atoms with van der Waals surface area (Å²) in [6, 6.07) is 13.7. The van der Waals surface area contributed by atoms with Gasteiger partial charge in [-0.3, -0.25) is 0 Å². The van der Waals surface area contributed by atoms with Gasteiger partial charge in [-0.15, -0.1) is 0 Å². The molecule has 4 rings (SSSR count). The molecule has 0 bridgehead atoms. The van der Waals surface area contributed by atoms with Gasteiger partial charge >= 0.3 is 6.03 Å². The highest BCUT2D eigenvalue weighted by atomic mass is 19.1. The SMILES string of the molecule is COc1cnc2ccc(Oc3ccc(NC(=O)Nc4cccc(F)c4)cc3F)cc2n1. The fourth-order valence-corrected chi connectivity index (χ4v) is 2.78. The number of hydrogen-bond acceptors (Lipinski definition) is 5. The molecule has 31 heavy (non-hydrogen) atoms. The van der Waals surface area contributed by atoms with Gasteiger partial charge in [0, 0.05) is 23.5 Å². The van der Waals surface area contributed by atoms with E-state index in [0.29, 0.717) is 22.7 Å². The van der Waals surface area contributed by atoms with Crippen molar-refractivity contribution in [3.8, 4) is 17.4 Å². The fourth-order valence-electron chi connectivity index (χ4n) is 2.78. The third kappa shape index (κ3) is 4.84. The zero-order chi connectivity index (χ0) is 21.8. The van der Waals surface area contributed by atoms with Crippen molar-refractivity contribution in [1.29, 1.82) is 0 Å². The molecule has 3 aromatic carbocycles. The maximum absolute atomic E-state index is 14.5. The van der Waals surface area contributed by atoms with Crippen molar-refractivity contribution in [3.05, 3.63) is 78.5 Å². The van der Waals surface area contributed by atoms with Gasteiger partial charge in [-0.25, -0.2) is 23.5 Å². The van der Waals surface area contributed by atoms with Crippen LogP contribution in [0, 0.1) is 11.6 Å². The van der Waals surface area contributed by atoms with Crippen molar-refractivity contribution in [1.82, 2.24) is 9.97 Å². The van der Waals surface area contributed by atoms with E-state index in [0.717, 1.165) is 6.07 Å². The van der Waals surface area contributed by atoms with E-state index in [-0.39, 0.29) is 17.1 Å². The first-order chi connectivity index (χ1) is 15.0. The Morgan fingerprint density at radius 1 is 0.935 bits per heavy atom. The highest BCUT2D eigenvalue weighted by molar-refractivity contribution is 5.99. The number of aromatic nitrogens is 2. The molecule has 9 heteroatoms. The number of ether oxygens (including phenoxy) is 2. The van der Waals surface area contributed by atoms with Gasteiger partial charge in [0.25, 0.3) is 0 Å². The molecule has 0 aliphatic rings. The smallest absolute Gasteiger partial charge is 0.323 e. The van der Waals surface area contributed by atoms with Crippen molar-refractivity contribution in [2.24, 2.45) is 0 Å². The normalized spacial score (nSPS) is 10.5. The van der Waals surface area contributed by atoms with Crippen LogP contribution in [0.3, 0.4) is 0 Å². The van der Waals surface area contributed by atoms with Crippen LogP contribution in [0.25, 0.3) is 11.0 Å². The van der Waals surface area contributed by atoms with Crippen molar-refractivity contribution < 1.29 is 23.0 Å². The number of anilines is 2. The van der Waals surface area contributed by atoms with Gasteiger partial charge in [-0.1, -0.05) is 6.07 Å². The summed E-state index contributed by atoms with van der Waals surface area (Å²) in [5, 5.41) is 4.94. The molecule has 1 heterocycles. The molecule has 0 aliphatic carbocycles. The minimum atomic E-state index is -0.680. The van der Waals surface area contributed by atoms with Gasteiger partial charge in [-0.2, -0.15) is 0 Å². The lowest BCUT2D eigenvalue weighted by Gasteiger charge is -2.11. The van der Waals surface area contributed by atoms with Crippen molar-refractivity contribution in [2.75, 3.05) is 17.7 Å². The average molecular weight is 422 g/mol. The van der Waals surface area contributed by atoms with E-state index in [1.165, 1.54) is 49.7 Å². The molecule has 2 amide bonds. The van der Waals surface area contributed by atoms with E-state index in [2.05, 4.69) is 20.6 Å². The average Bonchev–Trinajstić information content (AvgIpc) is 2.75. The summed E-state index contributed by atoms with van der Waals surface area (Å²) in [5.41, 5.74) is 1.64. The van der Waals surface area contributed by atoms with Crippen molar-refractivity contribution >= 4 is 28.4 Å². The Bertz CT molecular complexity index is 1270. The van der Waals surface area contributed by atoms with Gasteiger partial charge in [0.05, 0.1) is 24.3 Å². The van der Waals surface area contributed by atoms with Crippen LogP contribution in [0.4, 0.5) is 25.0 Å². The molecule has 0 spiro atoms. The topological polar surface area (TPSA) is 85.4 Å². The van der Waals surface area contributed by atoms with Gasteiger partial charge < -0.3 is 20.1 Å². The Labute approximate surface area is 175 Å². The lowest BCUT2D eigenvalue weighted by molar-refractivity contribution is 0.262. The Kier molecular flexibility index (Phi) is 5.57. The molecule has 0 atom stereocenters. The number of amides is 2. The Morgan fingerprint density at radius 2 is 1.74 bits per heavy atom. The first-order valence-electron chi connectivity index (χ1n) is 9.12. The molecule has 7 nitrogen and oxygen atoms in total. The second kappa shape index (κ2) is 8.62. The number of urea groups is 1. The summed E-state index contributed by atoms with van der Waals surface area (Å²) in [5.74, 6) is -0.489. The Balaban J connectivity index is 1.46. The van der Waals surface area contributed by atoms with Crippen LogP contribution in [0.5, 0.6) is 17.4 Å². The summed E-state index contributed by atoms with van der Waals surface area (Å²) in [4.78, 5) is 20.5. The standard InChI is InChI=1S/C22H16F2N4O3/c1-30-21-12-25-18-7-6-16(11-19(18)28-21)31-20-8-5-15(10-17(20)24)27-22(29)26-14-4-2-3-13(23)9-14/h2-12H,1H3,(H2,26,27,29). The third-order valence-corrected chi connectivity index (χ3v) is 4.20. The van der Waals surface area contributed by atoms with Crippen LogP contribution in [-0.2, 0) is 0 Å². The number of methoxy groups -OCH3 is 1. The molecule has 0 radical (unpaired) electrons. The minimum absolute atomic E-state index is 0.0358. The lowest BCUT2D eigenvalue weighted by atomic mass is 10.2. The number of nitrogens with one attached hydrogen (secondary N) is 2. The number of carbonyl (C=O) groups is 1. The number of carbonyl (C=O) groups excluding carboxylic acids is 1. The van der Waals surface area contributed by atoms with Crippen molar-refractivity contribution in [2.45, 2.75) is 0 Å². The van der Waals surface area contributed by atoms with Crippen LogP contribution in [-0.4, -0.2) is 23.1 Å². The van der Waals surface area contributed by atoms with Crippen LogP contribution in [0.2, 0.25) is 0 Å². The first-order valence-corrected chi connectivity index (χ1v) is 9.12. The molecule has 0 aliphatic heterocycles. The second-order valence-corrected chi connectivity index (χ2v) is 6.40. The molecule has 1 aromatic heterocycles. The van der Waals surface area contributed by atoms with Crippen LogP contribution >= 0.6 is 0 Å². The monoisotopic (exact) mass is 422 g/mol. The second-order valence-electron chi connectivity index (χ2n) is 6.40. The van der Waals surface area contributed by atoms with Gasteiger partial charge in [-0.05, 0) is 42.5 Å². The quantitative estimate of drug-likeness (QED) is 0.453. The summed E-state index contributed by atoms with van der Waals surface area (Å²) in [6.45, 7) is 0. The number of rotatable bonds is 5. The molecule has 4 aromatic rings. The summed E-state index contributed by atoms with van der Waals surface area (Å²) in [7, 11) is 1.49. The number of nitrogens with zero attached hydrogens (tertiary/aromatic N) is 2. The summed E-state index contributed by atoms with van der Waals surface area (Å²) < 4.78 is 38.4. The Morgan fingerprint density at radius 3 is 2.48 bits per heavy atom. The molecule has 2 N–H and O–H groups in total. The molecule has 156 valence electrons. The van der Waals surface area contributed by atoms with Crippen molar-refractivity contribution in [3.63, 3.8) is 0 Å². The van der Waals surface area contributed by atoms with E-state index < -0.39 is 17.7 Å². The number of benzene rings is 3. The molecular formula is C22H16F2N4O3. The molecule has 0 unspecified atom stereocenters. The summed E-state index contributed by atoms with van der Waals surface area (Å²) in [6.07, 6.45) is 1.50. The first kappa shape index (κ1) is 20.0. The maximum Gasteiger partial charge on any atom is 0.323 e.